The van der Waals surface area contributed by atoms with Crippen molar-refractivity contribution >= 4 is 11.6 Å². The van der Waals surface area contributed by atoms with E-state index < -0.39 is 17.4 Å². The average Bonchev–Trinajstić information content (AvgIpc) is 2.43. The maximum atomic E-state index is 13.2. The molecule has 1 aromatic carbocycles. The van der Waals surface area contributed by atoms with E-state index in [-0.39, 0.29) is 5.91 Å². The van der Waals surface area contributed by atoms with Crippen LogP contribution in [0.5, 0.6) is 0 Å². The molecule has 1 atom stereocenters. The van der Waals surface area contributed by atoms with E-state index in [1.165, 1.54) is 0 Å². The lowest BCUT2D eigenvalue weighted by molar-refractivity contribution is -0.118. The second-order valence-electron chi connectivity index (χ2n) is 4.57. The van der Waals surface area contributed by atoms with Crippen LogP contribution in [0.2, 0.25) is 0 Å². The number of rotatable bonds is 3. The number of pyridine rings is 1. The Morgan fingerprint density at radius 1 is 1.25 bits per heavy atom. The van der Waals surface area contributed by atoms with Crippen LogP contribution in [0.4, 0.5) is 10.1 Å². The smallest absolute Gasteiger partial charge is 0.251 e. The number of carbonyl (C=O) groups is 1. The number of nitrogens with zero attached hydrogens (tertiary/aromatic N) is 1. The molecule has 2 rings (SSSR count). The Morgan fingerprint density at radius 2 is 1.95 bits per heavy atom. The van der Waals surface area contributed by atoms with E-state index >= 15 is 0 Å². The highest BCUT2D eigenvalue weighted by Crippen LogP contribution is 2.15. The number of amides is 1. The molecule has 20 heavy (non-hydrogen) atoms. The molecule has 104 valence electrons. The summed E-state index contributed by atoms with van der Waals surface area (Å²) < 4.78 is 14.2. The Morgan fingerprint density at radius 3 is 2.65 bits per heavy atom. The van der Waals surface area contributed by atoms with E-state index in [9.17, 15) is 14.0 Å². The van der Waals surface area contributed by atoms with Gasteiger partial charge in [-0.3, -0.25) is 9.59 Å². The minimum absolute atomic E-state index is 0.369. The summed E-state index contributed by atoms with van der Waals surface area (Å²) in [4.78, 5) is 23.8. The molecule has 0 saturated carbocycles. The maximum absolute atomic E-state index is 13.2. The Labute approximate surface area is 115 Å². The molecule has 0 bridgehead atoms. The number of para-hydroxylation sites is 1. The zero-order chi connectivity index (χ0) is 14.7. The molecule has 1 N–H and O–H groups in total. The van der Waals surface area contributed by atoms with Crippen molar-refractivity contribution in [3.8, 4) is 0 Å². The summed E-state index contributed by atoms with van der Waals surface area (Å²) in [5.41, 5.74) is 1.17. The van der Waals surface area contributed by atoms with Crippen LogP contribution < -0.4 is 10.9 Å². The first-order valence-electron chi connectivity index (χ1n) is 6.23. The molecule has 0 saturated heterocycles. The second-order valence-corrected chi connectivity index (χ2v) is 4.57. The summed E-state index contributed by atoms with van der Waals surface area (Å²) >= 11 is 0. The zero-order valence-corrected chi connectivity index (χ0v) is 11.3. The van der Waals surface area contributed by atoms with Crippen molar-refractivity contribution in [1.82, 2.24) is 4.57 Å². The van der Waals surface area contributed by atoms with Crippen molar-refractivity contribution in [2.75, 3.05) is 5.32 Å². The Kier molecular flexibility index (Phi) is 3.98. The topological polar surface area (TPSA) is 51.1 Å². The molecule has 5 heteroatoms. The number of carbonyl (C=O) groups excluding carboxylic acids is 1. The predicted octanol–water partition coefficient (Wildman–Crippen LogP) is 2.50. The molecule has 1 unspecified atom stereocenters. The first-order valence-corrected chi connectivity index (χ1v) is 6.23. The summed E-state index contributed by atoms with van der Waals surface area (Å²) in [7, 11) is 0. The number of hydrogen-bond donors (Lipinski definition) is 1. The van der Waals surface area contributed by atoms with E-state index in [0.717, 1.165) is 28.5 Å². The largest absolute Gasteiger partial charge is 0.324 e. The van der Waals surface area contributed by atoms with E-state index in [1.807, 2.05) is 25.1 Å². The minimum atomic E-state index is -0.794. The molecule has 0 aliphatic rings. The first kappa shape index (κ1) is 14.0. The summed E-state index contributed by atoms with van der Waals surface area (Å²) in [6.45, 7) is 3.42. The Bertz CT molecular complexity index is 694. The summed E-state index contributed by atoms with van der Waals surface area (Å²) in [6, 6.07) is 8.70. The lowest BCUT2D eigenvalue weighted by atomic mass is 10.2. The molecule has 1 amide bonds. The van der Waals surface area contributed by atoms with Crippen LogP contribution in [-0.2, 0) is 4.79 Å². The fourth-order valence-electron chi connectivity index (χ4n) is 1.86. The van der Waals surface area contributed by atoms with Gasteiger partial charge in [0.05, 0.1) is 0 Å². The third-order valence-corrected chi connectivity index (χ3v) is 3.10. The third-order valence-electron chi connectivity index (χ3n) is 3.10. The molecular weight excluding hydrogens is 259 g/mol. The van der Waals surface area contributed by atoms with Gasteiger partial charge >= 0.3 is 0 Å². The van der Waals surface area contributed by atoms with Gasteiger partial charge in [0.1, 0.15) is 11.9 Å². The van der Waals surface area contributed by atoms with Crippen molar-refractivity contribution in [1.29, 1.82) is 0 Å². The second kappa shape index (κ2) is 5.69. The van der Waals surface area contributed by atoms with Crippen LogP contribution in [0.15, 0.2) is 47.4 Å². The standard InChI is InChI=1S/C15H15FN2O2/c1-10-5-3-4-6-13(10)17-15(20)11(2)18-9-12(16)7-8-14(18)19/h3-9,11H,1-2H3,(H,17,20). The van der Waals surface area contributed by atoms with E-state index in [2.05, 4.69) is 5.32 Å². The lowest BCUT2D eigenvalue weighted by Crippen LogP contribution is -2.31. The average molecular weight is 274 g/mol. The highest BCUT2D eigenvalue weighted by atomic mass is 19.1. The quantitative estimate of drug-likeness (QED) is 0.935. The molecule has 1 aromatic heterocycles. The Balaban J connectivity index is 2.23. The van der Waals surface area contributed by atoms with Crippen LogP contribution in [0, 0.1) is 12.7 Å². The van der Waals surface area contributed by atoms with Crippen molar-refractivity contribution < 1.29 is 9.18 Å². The number of aromatic nitrogens is 1. The zero-order valence-electron chi connectivity index (χ0n) is 11.3. The van der Waals surface area contributed by atoms with Crippen LogP contribution in [0.1, 0.15) is 18.5 Å². The number of nitrogens with one attached hydrogen (secondary N) is 1. The van der Waals surface area contributed by atoms with Crippen molar-refractivity contribution in [2.45, 2.75) is 19.9 Å². The molecule has 0 radical (unpaired) electrons. The molecular formula is C15H15FN2O2. The van der Waals surface area contributed by atoms with Gasteiger partial charge in [0, 0.05) is 18.0 Å². The van der Waals surface area contributed by atoms with Gasteiger partial charge in [-0.05, 0) is 31.5 Å². The number of hydrogen-bond acceptors (Lipinski definition) is 2. The predicted molar refractivity (Wildman–Crippen MR) is 75.2 cm³/mol. The number of anilines is 1. The van der Waals surface area contributed by atoms with Crippen LogP contribution in [-0.4, -0.2) is 10.5 Å². The molecule has 0 fully saturated rings. The fraction of sp³-hybridized carbons (Fsp3) is 0.200. The Hall–Kier alpha value is -2.43. The molecule has 2 aromatic rings. The van der Waals surface area contributed by atoms with Gasteiger partial charge in [0.2, 0.25) is 5.91 Å². The van der Waals surface area contributed by atoms with Gasteiger partial charge in [-0.2, -0.15) is 0 Å². The first-order chi connectivity index (χ1) is 9.49. The highest BCUT2D eigenvalue weighted by Gasteiger charge is 2.17. The van der Waals surface area contributed by atoms with E-state index in [1.54, 1.807) is 13.0 Å². The third kappa shape index (κ3) is 2.93. The van der Waals surface area contributed by atoms with Gasteiger partial charge in [-0.25, -0.2) is 4.39 Å². The van der Waals surface area contributed by atoms with Crippen molar-refractivity contribution in [3.05, 3.63) is 64.3 Å². The molecule has 0 aliphatic carbocycles. The van der Waals surface area contributed by atoms with Crippen molar-refractivity contribution in [3.63, 3.8) is 0 Å². The summed E-state index contributed by atoms with van der Waals surface area (Å²) in [5, 5.41) is 2.73. The van der Waals surface area contributed by atoms with Gasteiger partial charge in [-0.15, -0.1) is 0 Å². The summed E-state index contributed by atoms with van der Waals surface area (Å²) in [5.74, 6) is -0.924. The fourth-order valence-corrected chi connectivity index (χ4v) is 1.86. The molecule has 1 heterocycles. The van der Waals surface area contributed by atoms with Crippen LogP contribution in [0.25, 0.3) is 0 Å². The number of aryl methyl sites for hydroxylation is 1. The summed E-state index contributed by atoms with van der Waals surface area (Å²) in [6.07, 6.45) is 1.03. The molecule has 4 nitrogen and oxygen atoms in total. The number of halogens is 1. The lowest BCUT2D eigenvalue weighted by Gasteiger charge is -2.16. The minimum Gasteiger partial charge on any atom is -0.324 e. The van der Waals surface area contributed by atoms with Crippen LogP contribution in [0.3, 0.4) is 0 Å². The molecule has 0 aliphatic heterocycles. The van der Waals surface area contributed by atoms with E-state index in [4.69, 9.17) is 0 Å². The van der Waals surface area contributed by atoms with E-state index in [0.29, 0.717) is 5.69 Å². The highest BCUT2D eigenvalue weighted by molar-refractivity contribution is 5.94. The van der Waals surface area contributed by atoms with Gasteiger partial charge in [0.15, 0.2) is 0 Å². The van der Waals surface area contributed by atoms with Crippen molar-refractivity contribution in [2.24, 2.45) is 0 Å². The van der Waals surface area contributed by atoms with Gasteiger partial charge in [-0.1, -0.05) is 18.2 Å². The van der Waals surface area contributed by atoms with Crippen LogP contribution >= 0.6 is 0 Å². The monoisotopic (exact) mass is 274 g/mol. The number of benzene rings is 1. The van der Waals surface area contributed by atoms with Gasteiger partial charge < -0.3 is 9.88 Å². The maximum Gasteiger partial charge on any atom is 0.251 e. The SMILES string of the molecule is Cc1ccccc1NC(=O)C(C)n1cc(F)ccc1=O. The van der Waals surface area contributed by atoms with Gasteiger partial charge in [0.25, 0.3) is 5.56 Å². The normalized spacial score (nSPS) is 11.9. The molecule has 0 spiro atoms.